The van der Waals surface area contributed by atoms with E-state index < -0.39 is 0 Å². The van der Waals surface area contributed by atoms with E-state index in [1.165, 1.54) is 0 Å². The van der Waals surface area contributed by atoms with E-state index in [-0.39, 0.29) is 12.6 Å². The Kier molecular flexibility index (Phi) is 5.59. The summed E-state index contributed by atoms with van der Waals surface area (Å²) in [5.41, 5.74) is 7.05. The maximum absolute atomic E-state index is 6.22. The summed E-state index contributed by atoms with van der Waals surface area (Å²) in [6, 6.07) is 5.86. The molecule has 1 aromatic heterocycles. The predicted molar refractivity (Wildman–Crippen MR) is 81.4 cm³/mol. The van der Waals surface area contributed by atoms with Crippen molar-refractivity contribution in [3.63, 3.8) is 0 Å². The van der Waals surface area contributed by atoms with E-state index >= 15 is 0 Å². The Morgan fingerprint density at radius 1 is 1.38 bits per heavy atom. The van der Waals surface area contributed by atoms with Crippen LogP contribution in [0.1, 0.15) is 37.5 Å². The van der Waals surface area contributed by atoms with Crippen molar-refractivity contribution in [3.05, 3.63) is 40.5 Å². The molecule has 0 bridgehead atoms. The van der Waals surface area contributed by atoms with Gasteiger partial charge in [0.1, 0.15) is 5.75 Å². The minimum Gasteiger partial charge on any atom is -0.482 e. The van der Waals surface area contributed by atoms with Gasteiger partial charge in [-0.05, 0) is 30.5 Å². The number of hydrogen-bond acceptors (Lipinski definition) is 5. The quantitative estimate of drug-likeness (QED) is 0.850. The van der Waals surface area contributed by atoms with E-state index in [2.05, 4.69) is 17.1 Å². The number of hydrogen-bond donors (Lipinski definition) is 1. The van der Waals surface area contributed by atoms with Crippen molar-refractivity contribution in [1.29, 1.82) is 0 Å². The van der Waals surface area contributed by atoms with Gasteiger partial charge in [0.25, 0.3) is 5.89 Å². The maximum Gasteiger partial charge on any atom is 0.264 e. The lowest BCUT2D eigenvalue weighted by molar-refractivity contribution is 0.242. The largest absolute Gasteiger partial charge is 0.482 e. The molecule has 21 heavy (non-hydrogen) atoms. The number of nitrogens with two attached hydrogens (primary N) is 1. The molecule has 0 aliphatic rings. The maximum atomic E-state index is 6.22. The van der Waals surface area contributed by atoms with Crippen molar-refractivity contribution < 1.29 is 9.26 Å². The summed E-state index contributed by atoms with van der Waals surface area (Å²) >= 11 is 6.22. The van der Waals surface area contributed by atoms with Crippen LogP contribution in [0.25, 0.3) is 0 Å². The zero-order valence-corrected chi connectivity index (χ0v) is 13.1. The number of halogens is 1. The van der Waals surface area contributed by atoms with Crippen molar-refractivity contribution >= 4 is 11.6 Å². The van der Waals surface area contributed by atoms with Gasteiger partial charge in [0.05, 0.1) is 5.02 Å². The van der Waals surface area contributed by atoms with Gasteiger partial charge in [-0.25, -0.2) is 0 Å². The van der Waals surface area contributed by atoms with Crippen LogP contribution >= 0.6 is 11.6 Å². The summed E-state index contributed by atoms with van der Waals surface area (Å²) in [6.45, 7) is 4.24. The summed E-state index contributed by atoms with van der Waals surface area (Å²) in [6.07, 6.45) is 2.48. The SMILES string of the molecule is CCc1noc(COc2ccc(CC(N)CC)cc2Cl)n1. The van der Waals surface area contributed by atoms with Gasteiger partial charge >= 0.3 is 0 Å². The first kappa shape index (κ1) is 15.8. The van der Waals surface area contributed by atoms with E-state index in [1.807, 2.05) is 25.1 Å². The summed E-state index contributed by atoms with van der Waals surface area (Å²) in [7, 11) is 0. The molecule has 2 rings (SSSR count). The second-order valence-electron chi connectivity index (χ2n) is 4.88. The van der Waals surface area contributed by atoms with Gasteiger partial charge in [0, 0.05) is 12.5 Å². The Morgan fingerprint density at radius 3 is 2.81 bits per heavy atom. The van der Waals surface area contributed by atoms with E-state index in [9.17, 15) is 0 Å². The van der Waals surface area contributed by atoms with Gasteiger partial charge in [0.2, 0.25) is 0 Å². The average molecular weight is 310 g/mol. The Morgan fingerprint density at radius 2 is 2.19 bits per heavy atom. The Labute approximate surface area is 129 Å². The van der Waals surface area contributed by atoms with E-state index in [4.69, 9.17) is 26.6 Å². The second kappa shape index (κ2) is 7.43. The summed E-state index contributed by atoms with van der Waals surface area (Å²) in [5, 5.41) is 4.37. The van der Waals surface area contributed by atoms with Crippen LogP contribution in [0.5, 0.6) is 5.75 Å². The molecule has 0 aliphatic heterocycles. The molecular formula is C15H20ClN3O2. The number of rotatable bonds is 7. The van der Waals surface area contributed by atoms with Crippen molar-refractivity contribution in [2.24, 2.45) is 5.73 Å². The topological polar surface area (TPSA) is 74.2 Å². The van der Waals surface area contributed by atoms with Crippen LogP contribution in [-0.2, 0) is 19.4 Å². The van der Waals surface area contributed by atoms with Crippen LogP contribution in [0.15, 0.2) is 22.7 Å². The lowest BCUT2D eigenvalue weighted by atomic mass is 10.0. The lowest BCUT2D eigenvalue weighted by Gasteiger charge is -2.11. The highest BCUT2D eigenvalue weighted by atomic mass is 35.5. The molecule has 6 heteroatoms. The van der Waals surface area contributed by atoms with Gasteiger partial charge in [-0.3, -0.25) is 0 Å². The Balaban J connectivity index is 1.97. The van der Waals surface area contributed by atoms with Gasteiger partial charge in [-0.2, -0.15) is 4.98 Å². The van der Waals surface area contributed by atoms with Crippen molar-refractivity contribution in [2.75, 3.05) is 0 Å². The summed E-state index contributed by atoms with van der Waals surface area (Å²) in [4.78, 5) is 4.18. The number of ether oxygens (including phenoxy) is 1. The third-order valence-electron chi connectivity index (χ3n) is 3.20. The third kappa shape index (κ3) is 4.44. The monoisotopic (exact) mass is 309 g/mol. The number of aryl methyl sites for hydroxylation is 1. The van der Waals surface area contributed by atoms with Crippen molar-refractivity contribution in [2.45, 2.75) is 45.8 Å². The zero-order valence-electron chi connectivity index (χ0n) is 12.3. The van der Waals surface area contributed by atoms with E-state index in [1.54, 1.807) is 0 Å². The van der Waals surface area contributed by atoms with Crippen LogP contribution in [-0.4, -0.2) is 16.2 Å². The fourth-order valence-electron chi connectivity index (χ4n) is 1.87. The smallest absolute Gasteiger partial charge is 0.264 e. The molecule has 0 aliphatic carbocycles. The highest BCUT2D eigenvalue weighted by molar-refractivity contribution is 6.32. The second-order valence-corrected chi connectivity index (χ2v) is 5.29. The van der Waals surface area contributed by atoms with Gasteiger partial charge in [-0.15, -0.1) is 0 Å². The molecule has 5 nitrogen and oxygen atoms in total. The first-order valence-corrected chi connectivity index (χ1v) is 7.48. The van der Waals surface area contributed by atoms with E-state index in [0.29, 0.717) is 22.5 Å². The number of nitrogens with zero attached hydrogens (tertiary/aromatic N) is 2. The molecule has 1 atom stereocenters. The van der Waals surface area contributed by atoms with E-state index in [0.717, 1.165) is 24.8 Å². The van der Waals surface area contributed by atoms with Crippen LogP contribution < -0.4 is 10.5 Å². The highest BCUT2D eigenvalue weighted by Crippen LogP contribution is 2.26. The lowest BCUT2D eigenvalue weighted by Crippen LogP contribution is -2.21. The highest BCUT2D eigenvalue weighted by Gasteiger charge is 2.09. The average Bonchev–Trinajstić information content (AvgIpc) is 2.94. The fourth-order valence-corrected chi connectivity index (χ4v) is 2.13. The molecule has 2 aromatic rings. The summed E-state index contributed by atoms with van der Waals surface area (Å²) < 4.78 is 10.7. The molecule has 0 saturated heterocycles. The fraction of sp³-hybridized carbons (Fsp3) is 0.467. The minimum absolute atomic E-state index is 0.152. The molecule has 0 radical (unpaired) electrons. The van der Waals surface area contributed by atoms with Crippen LogP contribution in [0.3, 0.4) is 0 Å². The van der Waals surface area contributed by atoms with Gasteiger partial charge < -0.3 is 15.0 Å². The number of aromatic nitrogens is 2. The molecule has 0 spiro atoms. The summed E-state index contributed by atoms with van der Waals surface area (Å²) in [5.74, 6) is 1.71. The van der Waals surface area contributed by atoms with Crippen molar-refractivity contribution in [1.82, 2.24) is 10.1 Å². The molecule has 0 fully saturated rings. The minimum atomic E-state index is 0.152. The molecule has 1 unspecified atom stereocenters. The Hall–Kier alpha value is -1.59. The number of benzene rings is 1. The van der Waals surface area contributed by atoms with Crippen LogP contribution in [0.2, 0.25) is 5.02 Å². The van der Waals surface area contributed by atoms with Crippen molar-refractivity contribution in [3.8, 4) is 5.75 Å². The molecule has 1 heterocycles. The third-order valence-corrected chi connectivity index (χ3v) is 3.49. The molecule has 2 N–H and O–H groups in total. The Bertz CT molecular complexity index is 586. The van der Waals surface area contributed by atoms with Crippen LogP contribution in [0.4, 0.5) is 0 Å². The molecule has 1 aromatic carbocycles. The van der Waals surface area contributed by atoms with Crippen LogP contribution in [0, 0.1) is 0 Å². The van der Waals surface area contributed by atoms with Gasteiger partial charge in [0.15, 0.2) is 12.4 Å². The normalized spacial score (nSPS) is 12.4. The predicted octanol–water partition coefficient (Wildman–Crippen LogP) is 3.14. The van der Waals surface area contributed by atoms with Gasteiger partial charge in [-0.1, -0.05) is 36.7 Å². The standard InChI is InChI=1S/C15H20ClN3O2/c1-3-11(17)7-10-5-6-13(12(16)8-10)20-9-15-18-14(4-2)19-21-15/h5-6,8,11H,3-4,7,9,17H2,1-2H3. The first-order chi connectivity index (χ1) is 10.1. The molecule has 114 valence electrons. The first-order valence-electron chi connectivity index (χ1n) is 7.10. The molecule has 0 amide bonds. The molecular weight excluding hydrogens is 290 g/mol. The molecule has 0 saturated carbocycles. The zero-order chi connectivity index (χ0) is 15.2.